The fraction of sp³-hybridized carbons (Fsp3) is 0.467. The summed E-state index contributed by atoms with van der Waals surface area (Å²) in [6.07, 6.45) is -0.515. The van der Waals surface area contributed by atoms with Gasteiger partial charge in [-0.05, 0) is 39.0 Å². The van der Waals surface area contributed by atoms with E-state index in [-0.39, 0.29) is 13.2 Å². The second-order valence-electron chi connectivity index (χ2n) is 5.41. The van der Waals surface area contributed by atoms with Gasteiger partial charge < -0.3 is 19.5 Å². The lowest BCUT2D eigenvalue weighted by molar-refractivity contribution is 0.0516. The van der Waals surface area contributed by atoms with Gasteiger partial charge >= 0.3 is 12.1 Å². The van der Waals surface area contributed by atoms with Crippen molar-refractivity contribution in [3.05, 3.63) is 28.2 Å². The first-order chi connectivity index (χ1) is 10.2. The van der Waals surface area contributed by atoms with Crippen LogP contribution in [0.3, 0.4) is 0 Å². The lowest BCUT2D eigenvalue weighted by atomic mass is 10.2. The molecule has 0 aliphatic rings. The first-order valence-corrected chi connectivity index (χ1v) is 7.50. The van der Waals surface area contributed by atoms with Crippen LogP contribution in [-0.4, -0.2) is 37.9 Å². The SMILES string of the molecule is COC(=O)c1ccc(Br)cc1OCCNC(=O)OC(C)(C)C. The molecule has 7 heteroatoms. The number of hydrogen-bond donors (Lipinski definition) is 1. The molecule has 1 aromatic rings. The van der Waals surface area contributed by atoms with Gasteiger partial charge in [0.1, 0.15) is 23.5 Å². The van der Waals surface area contributed by atoms with Crippen LogP contribution in [0, 0.1) is 0 Å². The fourth-order valence-electron chi connectivity index (χ4n) is 1.52. The summed E-state index contributed by atoms with van der Waals surface area (Å²) in [4.78, 5) is 23.1. The number of rotatable bonds is 5. The van der Waals surface area contributed by atoms with E-state index in [2.05, 4.69) is 21.2 Å². The molecule has 1 aromatic carbocycles. The van der Waals surface area contributed by atoms with Crippen molar-refractivity contribution in [3.8, 4) is 5.75 Å². The number of alkyl carbamates (subject to hydrolysis) is 1. The lowest BCUT2D eigenvalue weighted by Crippen LogP contribution is -2.34. The Morgan fingerprint density at radius 2 is 1.95 bits per heavy atom. The van der Waals surface area contributed by atoms with Crippen LogP contribution in [0.15, 0.2) is 22.7 Å². The molecule has 0 aromatic heterocycles. The number of carbonyl (C=O) groups is 2. The van der Waals surface area contributed by atoms with Crippen molar-refractivity contribution in [2.45, 2.75) is 26.4 Å². The van der Waals surface area contributed by atoms with Crippen molar-refractivity contribution < 1.29 is 23.8 Å². The number of halogens is 1. The van der Waals surface area contributed by atoms with Gasteiger partial charge in [0.2, 0.25) is 0 Å². The van der Waals surface area contributed by atoms with E-state index in [1.807, 2.05) is 0 Å². The Hall–Kier alpha value is -1.76. The quantitative estimate of drug-likeness (QED) is 0.633. The molecule has 0 saturated heterocycles. The molecule has 0 bridgehead atoms. The van der Waals surface area contributed by atoms with Gasteiger partial charge in [-0.15, -0.1) is 0 Å². The van der Waals surface area contributed by atoms with E-state index < -0.39 is 17.7 Å². The maximum absolute atomic E-state index is 11.6. The highest BCUT2D eigenvalue weighted by atomic mass is 79.9. The van der Waals surface area contributed by atoms with Crippen LogP contribution in [0.5, 0.6) is 5.75 Å². The standard InChI is InChI=1S/C15H20BrNO5/c1-15(2,3)22-14(19)17-7-8-21-12-9-10(16)5-6-11(12)13(18)20-4/h5-6,9H,7-8H2,1-4H3,(H,17,19). The Morgan fingerprint density at radius 3 is 2.55 bits per heavy atom. The van der Waals surface area contributed by atoms with E-state index >= 15 is 0 Å². The highest BCUT2D eigenvalue weighted by Gasteiger charge is 2.16. The van der Waals surface area contributed by atoms with Gasteiger partial charge in [-0.1, -0.05) is 15.9 Å². The van der Waals surface area contributed by atoms with Crippen LogP contribution >= 0.6 is 15.9 Å². The molecule has 0 heterocycles. The van der Waals surface area contributed by atoms with Crippen LogP contribution in [0.2, 0.25) is 0 Å². The molecular formula is C15H20BrNO5. The number of hydrogen-bond acceptors (Lipinski definition) is 5. The lowest BCUT2D eigenvalue weighted by Gasteiger charge is -2.19. The molecule has 0 unspecified atom stereocenters. The van der Waals surface area contributed by atoms with E-state index in [9.17, 15) is 9.59 Å². The summed E-state index contributed by atoms with van der Waals surface area (Å²) in [5, 5.41) is 2.57. The van der Waals surface area contributed by atoms with Gasteiger partial charge in [-0.25, -0.2) is 9.59 Å². The highest BCUT2D eigenvalue weighted by Crippen LogP contribution is 2.24. The van der Waals surface area contributed by atoms with Gasteiger partial charge in [0, 0.05) is 4.47 Å². The number of esters is 1. The van der Waals surface area contributed by atoms with Gasteiger partial charge in [0.05, 0.1) is 13.7 Å². The molecule has 0 atom stereocenters. The molecule has 0 aliphatic heterocycles. The second kappa shape index (κ2) is 8.03. The highest BCUT2D eigenvalue weighted by molar-refractivity contribution is 9.10. The van der Waals surface area contributed by atoms with Crippen LogP contribution in [0.1, 0.15) is 31.1 Å². The number of nitrogens with one attached hydrogen (secondary N) is 1. The van der Waals surface area contributed by atoms with Gasteiger partial charge in [0.15, 0.2) is 0 Å². The molecule has 0 radical (unpaired) electrons. The normalized spacial score (nSPS) is 10.8. The Kier molecular flexibility index (Phi) is 6.67. The Morgan fingerprint density at radius 1 is 1.27 bits per heavy atom. The topological polar surface area (TPSA) is 73.9 Å². The zero-order valence-corrected chi connectivity index (χ0v) is 14.7. The van der Waals surface area contributed by atoms with Gasteiger partial charge in [0.25, 0.3) is 0 Å². The van der Waals surface area contributed by atoms with Crippen LogP contribution < -0.4 is 10.1 Å². The third kappa shape index (κ3) is 6.34. The number of carbonyl (C=O) groups excluding carboxylic acids is 2. The number of amides is 1. The molecule has 0 fully saturated rings. The molecular weight excluding hydrogens is 354 g/mol. The van der Waals surface area contributed by atoms with Crippen molar-refractivity contribution in [1.29, 1.82) is 0 Å². The smallest absolute Gasteiger partial charge is 0.407 e. The zero-order valence-electron chi connectivity index (χ0n) is 13.1. The van der Waals surface area contributed by atoms with E-state index in [0.717, 1.165) is 4.47 Å². The number of benzene rings is 1. The summed E-state index contributed by atoms with van der Waals surface area (Å²) >= 11 is 3.31. The van der Waals surface area contributed by atoms with Crippen LogP contribution in [-0.2, 0) is 9.47 Å². The average Bonchev–Trinajstić information content (AvgIpc) is 2.41. The van der Waals surface area contributed by atoms with Crippen molar-refractivity contribution in [1.82, 2.24) is 5.32 Å². The summed E-state index contributed by atoms with van der Waals surface area (Å²) in [5.74, 6) is -0.102. The van der Waals surface area contributed by atoms with E-state index in [0.29, 0.717) is 11.3 Å². The van der Waals surface area contributed by atoms with E-state index in [4.69, 9.17) is 14.2 Å². The van der Waals surface area contributed by atoms with Crippen LogP contribution in [0.4, 0.5) is 4.79 Å². The summed E-state index contributed by atoms with van der Waals surface area (Å²) in [6, 6.07) is 4.99. The minimum absolute atomic E-state index is 0.194. The molecule has 0 saturated carbocycles. The minimum atomic E-state index is -0.548. The molecule has 0 aliphatic carbocycles. The summed E-state index contributed by atoms with van der Waals surface area (Å²) in [7, 11) is 1.30. The molecule has 1 N–H and O–H groups in total. The number of ether oxygens (including phenoxy) is 3. The molecule has 22 heavy (non-hydrogen) atoms. The Labute approximate surface area is 138 Å². The Balaban J connectivity index is 2.53. The zero-order chi connectivity index (χ0) is 16.8. The van der Waals surface area contributed by atoms with Crippen molar-refractivity contribution in [2.24, 2.45) is 0 Å². The predicted octanol–water partition coefficient (Wildman–Crippen LogP) is 3.14. The third-order valence-electron chi connectivity index (χ3n) is 2.38. The largest absolute Gasteiger partial charge is 0.491 e. The molecule has 1 amide bonds. The van der Waals surface area contributed by atoms with Crippen molar-refractivity contribution >= 4 is 28.0 Å². The maximum Gasteiger partial charge on any atom is 0.407 e. The average molecular weight is 374 g/mol. The predicted molar refractivity (Wildman–Crippen MR) is 85.2 cm³/mol. The minimum Gasteiger partial charge on any atom is -0.491 e. The van der Waals surface area contributed by atoms with Crippen molar-refractivity contribution in [2.75, 3.05) is 20.3 Å². The molecule has 122 valence electrons. The summed E-state index contributed by atoms with van der Waals surface area (Å²) in [6.45, 7) is 5.80. The first kappa shape index (κ1) is 18.3. The van der Waals surface area contributed by atoms with Crippen LogP contribution in [0.25, 0.3) is 0 Å². The fourth-order valence-corrected chi connectivity index (χ4v) is 1.86. The molecule has 6 nitrogen and oxygen atoms in total. The maximum atomic E-state index is 11.6. The monoisotopic (exact) mass is 373 g/mol. The first-order valence-electron chi connectivity index (χ1n) is 6.70. The van der Waals surface area contributed by atoms with Crippen molar-refractivity contribution in [3.63, 3.8) is 0 Å². The van der Waals surface area contributed by atoms with Gasteiger partial charge in [-0.3, -0.25) is 0 Å². The van der Waals surface area contributed by atoms with Gasteiger partial charge in [-0.2, -0.15) is 0 Å². The van der Waals surface area contributed by atoms with E-state index in [1.54, 1.807) is 39.0 Å². The second-order valence-corrected chi connectivity index (χ2v) is 6.32. The third-order valence-corrected chi connectivity index (χ3v) is 2.87. The molecule has 1 rings (SSSR count). The summed E-state index contributed by atoms with van der Waals surface area (Å²) in [5.41, 5.74) is -0.226. The molecule has 0 spiro atoms. The number of methoxy groups -OCH3 is 1. The van der Waals surface area contributed by atoms with E-state index in [1.165, 1.54) is 7.11 Å². The summed E-state index contributed by atoms with van der Waals surface area (Å²) < 4.78 is 16.1. The Bertz CT molecular complexity index is 539.